The lowest BCUT2D eigenvalue weighted by atomic mass is 9.89. The molecular formula is C11H23ClN2O2. The van der Waals surface area contributed by atoms with Crippen LogP contribution in [0.2, 0.25) is 0 Å². The Labute approximate surface area is 104 Å². The van der Waals surface area contributed by atoms with Crippen molar-refractivity contribution in [1.82, 2.24) is 10.2 Å². The van der Waals surface area contributed by atoms with Crippen molar-refractivity contribution in [3.05, 3.63) is 0 Å². The molecule has 0 bridgehead atoms. The molecule has 1 fully saturated rings. The van der Waals surface area contributed by atoms with Gasteiger partial charge in [-0.2, -0.15) is 0 Å². The minimum Gasteiger partial charge on any atom is -0.469 e. The van der Waals surface area contributed by atoms with Crippen molar-refractivity contribution in [2.75, 3.05) is 33.8 Å². The van der Waals surface area contributed by atoms with Gasteiger partial charge < -0.3 is 15.0 Å². The summed E-state index contributed by atoms with van der Waals surface area (Å²) in [6, 6.07) is 0.637. The van der Waals surface area contributed by atoms with Crippen LogP contribution in [-0.4, -0.2) is 50.7 Å². The maximum atomic E-state index is 11.4. The SMILES string of the molecule is COC(=O)C(C)(C)CCN(C)C1CNC1.Cl. The van der Waals surface area contributed by atoms with Crippen molar-refractivity contribution >= 4 is 18.4 Å². The number of carbonyl (C=O) groups is 1. The zero-order valence-corrected chi connectivity index (χ0v) is 11.4. The van der Waals surface area contributed by atoms with Crippen LogP contribution in [0, 0.1) is 5.41 Å². The second kappa shape index (κ2) is 6.42. The van der Waals surface area contributed by atoms with Crippen LogP contribution in [0.5, 0.6) is 0 Å². The second-order valence-corrected chi connectivity index (χ2v) is 4.92. The molecule has 1 saturated heterocycles. The quantitative estimate of drug-likeness (QED) is 0.737. The summed E-state index contributed by atoms with van der Waals surface area (Å²) in [4.78, 5) is 13.8. The smallest absolute Gasteiger partial charge is 0.311 e. The third-order valence-electron chi connectivity index (χ3n) is 3.21. The Bertz CT molecular complexity index is 230. The summed E-state index contributed by atoms with van der Waals surface area (Å²) >= 11 is 0. The molecule has 96 valence electrons. The van der Waals surface area contributed by atoms with E-state index >= 15 is 0 Å². The highest BCUT2D eigenvalue weighted by atomic mass is 35.5. The van der Waals surface area contributed by atoms with Gasteiger partial charge in [-0.15, -0.1) is 12.4 Å². The molecule has 4 nitrogen and oxygen atoms in total. The van der Waals surface area contributed by atoms with Gasteiger partial charge in [0.2, 0.25) is 0 Å². The highest BCUT2D eigenvalue weighted by Crippen LogP contribution is 2.22. The molecule has 5 heteroatoms. The molecule has 1 heterocycles. The van der Waals surface area contributed by atoms with E-state index in [4.69, 9.17) is 4.74 Å². The number of hydrogen-bond donors (Lipinski definition) is 1. The Kier molecular flexibility index (Phi) is 6.30. The van der Waals surface area contributed by atoms with Crippen LogP contribution in [0.1, 0.15) is 20.3 Å². The van der Waals surface area contributed by atoms with Crippen molar-refractivity contribution in [3.63, 3.8) is 0 Å². The molecule has 0 unspecified atom stereocenters. The average Bonchev–Trinajstić information content (AvgIpc) is 2.11. The summed E-state index contributed by atoms with van der Waals surface area (Å²) in [5, 5.41) is 3.24. The fourth-order valence-corrected chi connectivity index (χ4v) is 1.60. The van der Waals surface area contributed by atoms with E-state index in [2.05, 4.69) is 17.3 Å². The summed E-state index contributed by atoms with van der Waals surface area (Å²) in [5.41, 5.74) is -0.375. The molecule has 1 aliphatic rings. The van der Waals surface area contributed by atoms with E-state index in [1.54, 1.807) is 0 Å². The van der Waals surface area contributed by atoms with Gasteiger partial charge in [0.25, 0.3) is 0 Å². The fraction of sp³-hybridized carbons (Fsp3) is 0.909. The molecule has 0 aromatic rings. The molecule has 1 aliphatic heterocycles. The highest BCUT2D eigenvalue weighted by molar-refractivity contribution is 5.85. The summed E-state index contributed by atoms with van der Waals surface area (Å²) in [5.74, 6) is -0.123. The van der Waals surface area contributed by atoms with Gasteiger partial charge in [0, 0.05) is 19.1 Å². The summed E-state index contributed by atoms with van der Waals surface area (Å²) in [6.45, 7) is 6.94. The van der Waals surface area contributed by atoms with Crippen LogP contribution in [-0.2, 0) is 9.53 Å². The van der Waals surface area contributed by atoms with E-state index in [-0.39, 0.29) is 23.8 Å². The predicted molar refractivity (Wildman–Crippen MR) is 66.9 cm³/mol. The first-order chi connectivity index (χ1) is 6.97. The number of nitrogens with zero attached hydrogens (tertiary/aromatic N) is 1. The Morgan fingerprint density at radius 2 is 2.06 bits per heavy atom. The summed E-state index contributed by atoms with van der Waals surface area (Å²) in [6.07, 6.45) is 0.840. The lowest BCUT2D eigenvalue weighted by Crippen LogP contribution is -2.56. The van der Waals surface area contributed by atoms with Gasteiger partial charge in [0.05, 0.1) is 12.5 Å². The van der Waals surface area contributed by atoms with E-state index in [1.807, 2.05) is 13.8 Å². The standard InChI is InChI=1S/C11H22N2O2.ClH/c1-11(2,10(14)15-4)5-6-13(3)9-7-12-8-9;/h9,12H,5-8H2,1-4H3;1H. The Hall–Kier alpha value is -0.320. The lowest BCUT2D eigenvalue weighted by Gasteiger charge is -2.37. The maximum Gasteiger partial charge on any atom is 0.311 e. The third-order valence-corrected chi connectivity index (χ3v) is 3.21. The molecule has 0 radical (unpaired) electrons. The maximum absolute atomic E-state index is 11.4. The van der Waals surface area contributed by atoms with Gasteiger partial charge in [-0.3, -0.25) is 4.79 Å². The minimum atomic E-state index is -0.375. The minimum absolute atomic E-state index is 0. The lowest BCUT2D eigenvalue weighted by molar-refractivity contribution is -0.151. The van der Waals surface area contributed by atoms with Gasteiger partial charge in [0.15, 0.2) is 0 Å². The summed E-state index contributed by atoms with van der Waals surface area (Å²) in [7, 11) is 3.56. The van der Waals surface area contributed by atoms with Crippen molar-refractivity contribution < 1.29 is 9.53 Å². The fourth-order valence-electron chi connectivity index (χ4n) is 1.60. The Balaban J connectivity index is 0.00000225. The Morgan fingerprint density at radius 1 is 1.50 bits per heavy atom. The van der Waals surface area contributed by atoms with Crippen molar-refractivity contribution in [2.45, 2.75) is 26.3 Å². The molecule has 0 aliphatic carbocycles. The molecule has 0 atom stereocenters. The van der Waals surface area contributed by atoms with E-state index in [0.717, 1.165) is 26.1 Å². The van der Waals surface area contributed by atoms with Gasteiger partial charge >= 0.3 is 5.97 Å². The van der Waals surface area contributed by atoms with E-state index in [1.165, 1.54) is 7.11 Å². The van der Waals surface area contributed by atoms with E-state index < -0.39 is 0 Å². The molecule has 0 aromatic carbocycles. The summed E-state index contributed by atoms with van der Waals surface area (Å²) < 4.78 is 4.78. The van der Waals surface area contributed by atoms with Crippen molar-refractivity contribution in [3.8, 4) is 0 Å². The molecular weight excluding hydrogens is 228 g/mol. The number of methoxy groups -OCH3 is 1. The van der Waals surface area contributed by atoms with Gasteiger partial charge in [0.1, 0.15) is 0 Å². The molecule has 0 spiro atoms. The van der Waals surface area contributed by atoms with Crippen LogP contribution < -0.4 is 5.32 Å². The first-order valence-corrected chi connectivity index (χ1v) is 5.47. The van der Waals surface area contributed by atoms with E-state index in [9.17, 15) is 4.79 Å². The van der Waals surface area contributed by atoms with Crippen molar-refractivity contribution in [2.24, 2.45) is 5.41 Å². The molecule has 0 saturated carbocycles. The number of ether oxygens (including phenoxy) is 1. The largest absolute Gasteiger partial charge is 0.469 e. The number of nitrogens with one attached hydrogen (secondary N) is 1. The van der Waals surface area contributed by atoms with Crippen LogP contribution in [0.4, 0.5) is 0 Å². The first-order valence-electron chi connectivity index (χ1n) is 5.47. The Morgan fingerprint density at radius 3 is 2.44 bits per heavy atom. The van der Waals surface area contributed by atoms with Crippen LogP contribution in [0.3, 0.4) is 0 Å². The normalized spacial score (nSPS) is 16.6. The monoisotopic (exact) mass is 250 g/mol. The molecule has 1 N–H and O–H groups in total. The molecule has 0 amide bonds. The first kappa shape index (κ1) is 15.7. The van der Waals surface area contributed by atoms with Crippen LogP contribution in [0.25, 0.3) is 0 Å². The zero-order valence-electron chi connectivity index (χ0n) is 10.6. The number of rotatable bonds is 5. The van der Waals surface area contributed by atoms with Gasteiger partial charge in [-0.05, 0) is 33.9 Å². The van der Waals surface area contributed by atoms with Crippen molar-refractivity contribution in [1.29, 1.82) is 0 Å². The number of likely N-dealkylation sites (N-methyl/N-ethyl adjacent to an activating group) is 1. The van der Waals surface area contributed by atoms with Gasteiger partial charge in [-0.25, -0.2) is 0 Å². The topological polar surface area (TPSA) is 41.6 Å². The average molecular weight is 251 g/mol. The molecule has 16 heavy (non-hydrogen) atoms. The number of halogens is 1. The van der Waals surface area contributed by atoms with E-state index in [0.29, 0.717) is 6.04 Å². The number of carbonyl (C=O) groups excluding carboxylic acids is 1. The molecule has 0 aromatic heterocycles. The predicted octanol–water partition coefficient (Wildman–Crippen LogP) is 0.901. The number of esters is 1. The zero-order chi connectivity index (χ0) is 11.5. The second-order valence-electron chi connectivity index (χ2n) is 4.92. The van der Waals surface area contributed by atoms with Crippen LogP contribution in [0.15, 0.2) is 0 Å². The third kappa shape index (κ3) is 3.92. The van der Waals surface area contributed by atoms with Crippen LogP contribution >= 0.6 is 12.4 Å². The number of hydrogen-bond acceptors (Lipinski definition) is 4. The highest BCUT2D eigenvalue weighted by Gasteiger charge is 2.30. The molecule has 1 rings (SSSR count). The van der Waals surface area contributed by atoms with Gasteiger partial charge in [-0.1, -0.05) is 0 Å².